The van der Waals surface area contributed by atoms with Crippen molar-refractivity contribution in [2.45, 2.75) is 35.4 Å². The molecule has 0 amide bonds. The molecule has 0 saturated heterocycles. The lowest BCUT2D eigenvalue weighted by Crippen LogP contribution is -2.42. The molecule has 5 aliphatic rings. The summed E-state index contributed by atoms with van der Waals surface area (Å²) in [5.74, 6) is 4.59. The van der Waals surface area contributed by atoms with E-state index in [-0.39, 0.29) is 0 Å². The third-order valence-corrected chi connectivity index (χ3v) is 10.7. The van der Waals surface area contributed by atoms with Crippen molar-refractivity contribution in [3.05, 3.63) is 0 Å². The fourth-order valence-electron chi connectivity index (χ4n) is 5.46. The van der Waals surface area contributed by atoms with E-state index >= 15 is 0 Å². The van der Waals surface area contributed by atoms with Crippen molar-refractivity contribution in [2.24, 2.45) is 23.7 Å². The van der Waals surface area contributed by atoms with Gasteiger partial charge in [0.05, 0.1) is 8.07 Å². The van der Waals surface area contributed by atoms with Crippen LogP contribution in [-0.4, -0.2) is 12.4 Å². The molecule has 12 heavy (non-hydrogen) atoms. The van der Waals surface area contributed by atoms with Gasteiger partial charge in [-0.1, -0.05) is 35.6 Å². The van der Waals surface area contributed by atoms with Crippen LogP contribution >= 0.6 is 15.9 Å². The molecule has 66 valence electrons. The second kappa shape index (κ2) is 1.33. The minimum absolute atomic E-state index is 0.720. The van der Waals surface area contributed by atoms with Gasteiger partial charge >= 0.3 is 0 Å². The normalized spacial score (nSPS) is 75.0. The van der Waals surface area contributed by atoms with E-state index in [2.05, 4.69) is 35.6 Å². The molecule has 5 saturated carbocycles. The molecule has 0 aromatic carbocycles. The molecule has 0 aromatic rings. The van der Waals surface area contributed by atoms with Gasteiger partial charge in [0.15, 0.2) is 0 Å². The Morgan fingerprint density at radius 1 is 1.17 bits per heavy atom. The predicted octanol–water partition coefficient (Wildman–Crippen LogP) is 3.11. The smallest absolute Gasteiger partial charge is 0.0517 e. The molecule has 2 bridgehead atoms. The van der Waals surface area contributed by atoms with Gasteiger partial charge in [-0.3, -0.25) is 0 Å². The van der Waals surface area contributed by atoms with Crippen molar-refractivity contribution in [2.75, 3.05) is 0 Å². The minimum Gasteiger partial charge on any atom is -0.0844 e. The lowest BCUT2D eigenvalue weighted by molar-refractivity contribution is 0.477. The number of hydrogen-bond donors (Lipinski definition) is 0. The van der Waals surface area contributed by atoms with Gasteiger partial charge in [-0.05, 0) is 35.1 Å². The highest BCUT2D eigenvalue weighted by Crippen LogP contribution is 3.08. The summed E-state index contributed by atoms with van der Waals surface area (Å²) in [5.41, 5.74) is 0. The van der Waals surface area contributed by atoms with Gasteiger partial charge in [0.2, 0.25) is 0 Å². The summed E-state index contributed by atoms with van der Waals surface area (Å²) >= 11 is 4.00. The molecule has 0 aromatic heterocycles. The fourth-order valence-corrected chi connectivity index (χ4v) is 11.7. The molecule has 0 N–H and O–H groups in total. The Morgan fingerprint density at radius 2 is 1.75 bits per heavy atom. The second-order valence-electron chi connectivity index (χ2n) is 6.41. The molecular formula is C10H15BrSi. The van der Waals surface area contributed by atoms with Crippen LogP contribution in [0.5, 0.6) is 0 Å². The van der Waals surface area contributed by atoms with Gasteiger partial charge in [-0.15, -0.1) is 0 Å². The lowest BCUT2D eigenvalue weighted by atomic mass is 9.99. The molecule has 5 rings (SSSR count). The molecule has 0 heterocycles. The van der Waals surface area contributed by atoms with Crippen LogP contribution in [0.1, 0.15) is 6.42 Å². The highest BCUT2D eigenvalue weighted by atomic mass is 79.9. The minimum atomic E-state index is -0.844. The molecule has 2 heteroatoms. The number of rotatable bonds is 1. The van der Waals surface area contributed by atoms with Gasteiger partial charge in [0.1, 0.15) is 0 Å². The Labute approximate surface area is 83.2 Å². The molecule has 0 unspecified atom stereocenters. The number of hydrogen-bond acceptors (Lipinski definition) is 0. The summed E-state index contributed by atoms with van der Waals surface area (Å²) in [6.45, 7) is 7.77. The molecular weight excluding hydrogens is 228 g/mol. The SMILES string of the molecule is C[Si](C)(C)[C@]12[C@@H]3[C@@H]1C[C@@H]1[C@H]2[C@]13Br. The predicted molar refractivity (Wildman–Crippen MR) is 56.3 cm³/mol. The average molecular weight is 243 g/mol. The molecule has 0 spiro atoms. The maximum absolute atomic E-state index is 4.00. The van der Waals surface area contributed by atoms with Gasteiger partial charge in [-0.2, -0.15) is 0 Å². The van der Waals surface area contributed by atoms with Crippen molar-refractivity contribution in [3.63, 3.8) is 0 Å². The molecule has 6 atom stereocenters. The summed E-state index contributed by atoms with van der Waals surface area (Å²) in [6.07, 6.45) is 1.59. The largest absolute Gasteiger partial charge is 0.0844 e. The maximum atomic E-state index is 4.00. The summed E-state index contributed by atoms with van der Waals surface area (Å²) in [5, 5.41) is 0.946. The Morgan fingerprint density at radius 3 is 1.92 bits per heavy atom. The Balaban J connectivity index is 1.87. The summed E-state index contributed by atoms with van der Waals surface area (Å²) in [4.78, 5) is 0. The van der Waals surface area contributed by atoms with E-state index < -0.39 is 8.07 Å². The topological polar surface area (TPSA) is 0 Å². The van der Waals surface area contributed by atoms with E-state index in [1.807, 2.05) is 0 Å². The summed E-state index contributed by atoms with van der Waals surface area (Å²) < 4.78 is 0.720. The van der Waals surface area contributed by atoms with E-state index in [1.165, 1.54) is 5.92 Å². The van der Waals surface area contributed by atoms with E-state index in [9.17, 15) is 0 Å². The first-order chi connectivity index (χ1) is 5.47. The van der Waals surface area contributed by atoms with Gasteiger partial charge < -0.3 is 0 Å². The maximum Gasteiger partial charge on any atom is 0.0517 e. The Bertz CT molecular complexity index is 297. The standard InChI is InChI=1S/C10H15BrSi/c1-12(2,3)10-6-4-5-7(10)9(5,11)8(6)10/h5-8H,4H2,1-3H3/t5-,6+,7+,8-,9-,10-/m1/s1. The van der Waals surface area contributed by atoms with Crippen molar-refractivity contribution < 1.29 is 0 Å². The second-order valence-corrected chi connectivity index (χ2v) is 13.2. The quantitative estimate of drug-likeness (QED) is 0.490. The third-order valence-electron chi connectivity index (χ3n) is 5.56. The molecule has 0 aliphatic heterocycles. The highest BCUT2D eigenvalue weighted by Gasteiger charge is 3.04. The van der Waals surface area contributed by atoms with E-state index in [0.717, 1.165) is 27.1 Å². The number of halogens is 1. The van der Waals surface area contributed by atoms with Crippen molar-refractivity contribution in [3.8, 4) is 0 Å². The van der Waals surface area contributed by atoms with Crippen LogP contribution in [-0.2, 0) is 0 Å². The van der Waals surface area contributed by atoms with Crippen LogP contribution in [0.4, 0.5) is 0 Å². The zero-order valence-electron chi connectivity index (χ0n) is 7.89. The zero-order valence-corrected chi connectivity index (χ0v) is 10.5. The van der Waals surface area contributed by atoms with Gasteiger partial charge in [0.25, 0.3) is 0 Å². The average Bonchev–Trinajstić information content (AvgIpc) is 2.53. The van der Waals surface area contributed by atoms with Crippen molar-refractivity contribution in [1.29, 1.82) is 0 Å². The van der Waals surface area contributed by atoms with Crippen LogP contribution in [0.15, 0.2) is 0 Å². The molecule has 5 aliphatic carbocycles. The van der Waals surface area contributed by atoms with Gasteiger partial charge in [0, 0.05) is 4.32 Å². The molecule has 5 fully saturated rings. The van der Waals surface area contributed by atoms with Crippen LogP contribution in [0, 0.1) is 23.7 Å². The van der Waals surface area contributed by atoms with Crippen molar-refractivity contribution >= 4 is 24.0 Å². The fraction of sp³-hybridized carbons (Fsp3) is 1.00. The van der Waals surface area contributed by atoms with E-state index in [0.29, 0.717) is 0 Å². The monoisotopic (exact) mass is 242 g/mol. The third kappa shape index (κ3) is 0.349. The first kappa shape index (κ1) is 7.05. The van der Waals surface area contributed by atoms with Crippen LogP contribution in [0.3, 0.4) is 0 Å². The molecule has 0 radical (unpaired) electrons. The molecule has 0 nitrogen and oxygen atoms in total. The first-order valence-electron chi connectivity index (χ1n) is 5.15. The summed E-state index contributed by atoms with van der Waals surface area (Å²) in [7, 11) is -0.844. The van der Waals surface area contributed by atoms with Gasteiger partial charge in [-0.25, -0.2) is 0 Å². The number of alkyl halides is 1. The van der Waals surface area contributed by atoms with Crippen LogP contribution in [0.25, 0.3) is 0 Å². The summed E-state index contributed by atoms with van der Waals surface area (Å²) in [6, 6.07) is 0. The lowest BCUT2D eigenvalue weighted by Gasteiger charge is -2.39. The van der Waals surface area contributed by atoms with E-state index in [1.54, 1.807) is 6.42 Å². The first-order valence-corrected chi connectivity index (χ1v) is 9.45. The highest BCUT2D eigenvalue weighted by molar-refractivity contribution is 9.10. The van der Waals surface area contributed by atoms with Crippen LogP contribution < -0.4 is 0 Å². The Hall–Kier alpha value is 0.697. The zero-order chi connectivity index (χ0) is 8.52. The Kier molecular flexibility index (Phi) is 0.783. The van der Waals surface area contributed by atoms with E-state index in [4.69, 9.17) is 0 Å². The van der Waals surface area contributed by atoms with Crippen LogP contribution in [0.2, 0.25) is 24.7 Å². The van der Waals surface area contributed by atoms with Crippen molar-refractivity contribution in [1.82, 2.24) is 0 Å².